The summed E-state index contributed by atoms with van der Waals surface area (Å²) in [6, 6.07) is 20.5. The van der Waals surface area contributed by atoms with E-state index in [0.29, 0.717) is 17.2 Å². The quantitative estimate of drug-likeness (QED) is 0.232. The summed E-state index contributed by atoms with van der Waals surface area (Å²) in [6.07, 6.45) is 1.35. The molecule has 0 heterocycles. The first-order valence-electron chi connectivity index (χ1n) is 12.0. The van der Waals surface area contributed by atoms with Crippen LogP contribution in [0, 0.1) is 13.8 Å². The molecule has 0 aliphatic heterocycles. The molecule has 0 radical (unpaired) electrons. The molecule has 0 bridgehead atoms. The van der Waals surface area contributed by atoms with Gasteiger partial charge in [0.15, 0.2) is 6.61 Å². The number of nitrogens with one attached hydrogen (secondary N) is 3. The summed E-state index contributed by atoms with van der Waals surface area (Å²) in [5, 5.41) is 9.26. The minimum atomic E-state index is -0.888. The highest BCUT2D eigenvalue weighted by Gasteiger charge is 2.13. The number of nitrogens with zero attached hydrogens (tertiary/aromatic N) is 1. The second-order valence-electron chi connectivity index (χ2n) is 8.97. The fraction of sp³-hybridized carbons (Fsp3) is 0.241. The number of hydrazone groups is 1. The maximum Gasteiger partial charge on any atom is 0.329 e. The Morgan fingerprint density at radius 3 is 2.38 bits per heavy atom. The van der Waals surface area contributed by atoms with Gasteiger partial charge < -0.3 is 15.4 Å². The van der Waals surface area contributed by atoms with Gasteiger partial charge in [-0.3, -0.25) is 14.4 Å². The van der Waals surface area contributed by atoms with Crippen LogP contribution in [0.4, 0.5) is 5.69 Å². The Kier molecular flexibility index (Phi) is 9.55. The van der Waals surface area contributed by atoms with Crippen molar-refractivity contribution in [2.75, 3.05) is 11.9 Å². The highest BCUT2D eigenvalue weighted by atomic mass is 16.5. The summed E-state index contributed by atoms with van der Waals surface area (Å²) in [7, 11) is 0. The minimum Gasteiger partial charge on any atom is -0.483 e. The predicted octanol–water partition coefficient (Wildman–Crippen LogP) is 4.21. The standard InChI is InChI=1S/C29H32N4O4/c1-19(2)23-12-10-22(11-13-23)16-30-28(35)29(36)33-31-17-24-7-5-6-8-26(24)37-18-27(34)32-25-14-9-20(3)15-21(25)4/h5-15,17,19H,16,18H2,1-4H3,(H,30,35)(H,32,34)(H,33,36)/b31-17-. The number of hydrogen-bond donors (Lipinski definition) is 3. The van der Waals surface area contributed by atoms with Crippen molar-refractivity contribution in [3.63, 3.8) is 0 Å². The van der Waals surface area contributed by atoms with E-state index >= 15 is 0 Å². The van der Waals surface area contributed by atoms with Gasteiger partial charge in [0.2, 0.25) is 0 Å². The van der Waals surface area contributed by atoms with Gasteiger partial charge in [0, 0.05) is 17.8 Å². The Balaban J connectivity index is 1.49. The first-order valence-corrected chi connectivity index (χ1v) is 12.0. The largest absolute Gasteiger partial charge is 0.483 e. The lowest BCUT2D eigenvalue weighted by molar-refractivity contribution is -0.139. The zero-order valence-electron chi connectivity index (χ0n) is 21.5. The molecule has 37 heavy (non-hydrogen) atoms. The van der Waals surface area contributed by atoms with Crippen molar-refractivity contribution in [2.24, 2.45) is 5.10 Å². The van der Waals surface area contributed by atoms with Gasteiger partial charge in [0.1, 0.15) is 5.75 Å². The van der Waals surface area contributed by atoms with Gasteiger partial charge in [-0.25, -0.2) is 5.43 Å². The van der Waals surface area contributed by atoms with Crippen LogP contribution < -0.4 is 20.8 Å². The van der Waals surface area contributed by atoms with Crippen LogP contribution in [-0.4, -0.2) is 30.5 Å². The van der Waals surface area contributed by atoms with Crippen LogP contribution in [0.15, 0.2) is 71.8 Å². The van der Waals surface area contributed by atoms with E-state index < -0.39 is 11.8 Å². The van der Waals surface area contributed by atoms with E-state index in [1.54, 1.807) is 24.3 Å². The molecule has 0 spiro atoms. The lowest BCUT2D eigenvalue weighted by Crippen LogP contribution is -2.37. The van der Waals surface area contributed by atoms with E-state index in [9.17, 15) is 14.4 Å². The third kappa shape index (κ3) is 8.31. The molecule has 0 aliphatic carbocycles. The van der Waals surface area contributed by atoms with Crippen molar-refractivity contribution in [2.45, 2.75) is 40.2 Å². The zero-order valence-corrected chi connectivity index (χ0v) is 21.5. The van der Waals surface area contributed by atoms with Crippen LogP contribution >= 0.6 is 0 Å². The van der Waals surface area contributed by atoms with E-state index in [0.717, 1.165) is 22.4 Å². The average Bonchev–Trinajstić information content (AvgIpc) is 2.88. The number of anilines is 1. The highest BCUT2D eigenvalue weighted by Crippen LogP contribution is 2.18. The van der Waals surface area contributed by atoms with Gasteiger partial charge in [0.05, 0.1) is 6.21 Å². The normalized spacial score (nSPS) is 10.8. The Hall–Kier alpha value is -4.46. The Morgan fingerprint density at radius 2 is 1.68 bits per heavy atom. The molecule has 0 saturated heterocycles. The molecule has 0 saturated carbocycles. The summed E-state index contributed by atoms with van der Waals surface area (Å²) < 4.78 is 5.66. The molecule has 8 nitrogen and oxygen atoms in total. The van der Waals surface area contributed by atoms with Gasteiger partial charge in [-0.15, -0.1) is 0 Å². The summed E-state index contributed by atoms with van der Waals surface area (Å²) in [4.78, 5) is 36.6. The molecule has 192 valence electrons. The first-order chi connectivity index (χ1) is 17.7. The number of benzene rings is 3. The summed E-state index contributed by atoms with van der Waals surface area (Å²) >= 11 is 0. The van der Waals surface area contributed by atoms with Gasteiger partial charge in [-0.05, 0) is 54.7 Å². The average molecular weight is 501 g/mol. The van der Waals surface area contributed by atoms with Gasteiger partial charge >= 0.3 is 11.8 Å². The Bertz CT molecular complexity index is 1280. The molecule has 0 atom stereocenters. The molecular formula is C29H32N4O4. The molecule has 0 unspecified atom stereocenters. The van der Waals surface area contributed by atoms with Crippen LogP contribution in [-0.2, 0) is 20.9 Å². The van der Waals surface area contributed by atoms with Crippen LogP contribution in [0.1, 0.15) is 47.6 Å². The van der Waals surface area contributed by atoms with Crippen molar-refractivity contribution in [1.82, 2.24) is 10.7 Å². The van der Waals surface area contributed by atoms with E-state index in [1.807, 2.05) is 56.3 Å². The second kappa shape index (κ2) is 13.0. The van der Waals surface area contributed by atoms with Gasteiger partial charge in [0.25, 0.3) is 5.91 Å². The fourth-order valence-electron chi connectivity index (χ4n) is 3.50. The van der Waals surface area contributed by atoms with Crippen LogP contribution in [0.2, 0.25) is 0 Å². The molecule has 3 aromatic rings. The lowest BCUT2D eigenvalue weighted by Gasteiger charge is -2.11. The molecule has 8 heteroatoms. The molecule has 3 rings (SSSR count). The molecule has 3 N–H and O–H groups in total. The van der Waals surface area contributed by atoms with Crippen molar-refractivity contribution in [1.29, 1.82) is 0 Å². The summed E-state index contributed by atoms with van der Waals surface area (Å²) in [5.74, 6) is -1.16. The Morgan fingerprint density at radius 1 is 0.946 bits per heavy atom. The number of rotatable bonds is 9. The van der Waals surface area contributed by atoms with Crippen molar-refractivity contribution >= 4 is 29.6 Å². The summed E-state index contributed by atoms with van der Waals surface area (Å²) in [6.45, 7) is 8.16. The maximum atomic E-state index is 12.4. The molecular weight excluding hydrogens is 468 g/mol. The highest BCUT2D eigenvalue weighted by molar-refractivity contribution is 6.35. The van der Waals surface area contributed by atoms with Gasteiger partial charge in [-0.2, -0.15) is 5.10 Å². The van der Waals surface area contributed by atoms with E-state index in [1.165, 1.54) is 11.8 Å². The minimum absolute atomic E-state index is 0.203. The SMILES string of the molecule is Cc1ccc(NC(=O)COc2ccccc2/C=N\NC(=O)C(=O)NCc2ccc(C(C)C)cc2)c(C)c1. The molecule has 0 aliphatic rings. The number of carbonyl (C=O) groups excluding carboxylic acids is 3. The maximum absolute atomic E-state index is 12.4. The molecule has 0 fully saturated rings. The van der Waals surface area contributed by atoms with Crippen LogP contribution in [0.25, 0.3) is 0 Å². The number of aryl methyl sites for hydroxylation is 2. The first kappa shape index (κ1) is 27.1. The third-order valence-electron chi connectivity index (χ3n) is 5.61. The van der Waals surface area contributed by atoms with E-state index in [2.05, 4.69) is 35.0 Å². The van der Waals surface area contributed by atoms with Crippen molar-refractivity contribution in [3.8, 4) is 5.75 Å². The van der Waals surface area contributed by atoms with Crippen LogP contribution in [0.5, 0.6) is 5.75 Å². The Labute approximate surface area is 217 Å². The number of para-hydroxylation sites is 1. The summed E-state index contributed by atoms with van der Waals surface area (Å²) in [5.41, 5.74) is 7.64. The molecule has 0 aromatic heterocycles. The lowest BCUT2D eigenvalue weighted by atomic mass is 10.0. The monoisotopic (exact) mass is 500 g/mol. The topological polar surface area (TPSA) is 109 Å². The molecule has 3 amide bonds. The number of hydrogen-bond acceptors (Lipinski definition) is 5. The predicted molar refractivity (Wildman–Crippen MR) is 145 cm³/mol. The number of carbonyl (C=O) groups is 3. The zero-order chi connectivity index (χ0) is 26.8. The smallest absolute Gasteiger partial charge is 0.329 e. The van der Waals surface area contributed by atoms with Crippen molar-refractivity contribution in [3.05, 3.63) is 94.5 Å². The molecule has 3 aromatic carbocycles. The van der Waals surface area contributed by atoms with Gasteiger partial charge in [-0.1, -0.05) is 67.9 Å². The third-order valence-corrected chi connectivity index (χ3v) is 5.61. The fourth-order valence-corrected chi connectivity index (χ4v) is 3.50. The van der Waals surface area contributed by atoms with Crippen LogP contribution in [0.3, 0.4) is 0 Å². The van der Waals surface area contributed by atoms with E-state index in [4.69, 9.17) is 4.74 Å². The van der Waals surface area contributed by atoms with E-state index in [-0.39, 0.29) is 19.1 Å². The number of ether oxygens (including phenoxy) is 1. The number of amides is 3. The van der Waals surface area contributed by atoms with Crippen molar-refractivity contribution < 1.29 is 19.1 Å². The second-order valence-corrected chi connectivity index (χ2v) is 8.97.